The summed E-state index contributed by atoms with van der Waals surface area (Å²) >= 11 is 6.27. The number of carbonyl (C=O) groups excluding carboxylic acids is 1. The maximum Gasteiger partial charge on any atom is 0.322 e. The molecule has 1 aromatic carbocycles. The van der Waals surface area contributed by atoms with Crippen LogP contribution in [0.1, 0.15) is 19.0 Å². The Bertz CT molecular complexity index is 708. The predicted molar refractivity (Wildman–Crippen MR) is 94.0 cm³/mol. The fourth-order valence-electron chi connectivity index (χ4n) is 2.79. The van der Waals surface area contributed by atoms with Crippen LogP contribution in [0.4, 0.5) is 10.5 Å². The normalized spacial score (nSPS) is 15.2. The number of amides is 2. The van der Waals surface area contributed by atoms with E-state index in [0.717, 1.165) is 24.2 Å². The van der Waals surface area contributed by atoms with Gasteiger partial charge < -0.3 is 15.0 Å². The lowest BCUT2D eigenvalue weighted by atomic mass is 10.2. The number of urea groups is 1. The van der Waals surface area contributed by atoms with E-state index in [2.05, 4.69) is 10.4 Å². The van der Waals surface area contributed by atoms with Crippen LogP contribution < -0.4 is 5.32 Å². The highest BCUT2D eigenvalue weighted by atomic mass is 35.5. The van der Waals surface area contributed by atoms with Gasteiger partial charge in [-0.05, 0) is 25.0 Å². The van der Waals surface area contributed by atoms with E-state index >= 15 is 0 Å². The van der Waals surface area contributed by atoms with Crippen LogP contribution in [0.3, 0.4) is 0 Å². The van der Waals surface area contributed by atoms with E-state index in [-0.39, 0.29) is 6.03 Å². The lowest BCUT2D eigenvalue weighted by molar-refractivity contribution is 0.144. The van der Waals surface area contributed by atoms with Crippen LogP contribution in [0.5, 0.6) is 0 Å². The summed E-state index contributed by atoms with van der Waals surface area (Å²) in [7, 11) is 0. The second kappa shape index (κ2) is 7.68. The molecule has 0 bridgehead atoms. The fourth-order valence-corrected chi connectivity index (χ4v) is 3.01. The number of rotatable bonds is 3. The van der Waals surface area contributed by atoms with Crippen molar-refractivity contribution in [2.45, 2.75) is 19.8 Å². The Labute approximate surface area is 146 Å². The monoisotopic (exact) mass is 348 g/mol. The Balaban J connectivity index is 1.82. The molecule has 24 heavy (non-hydrogen) atoms. The topological polar surface area (TPSA) is 59.4 Å². The maximum atomic E-state index is 12.5. The number of halogens is 1. The highest BCUT2D eigenvalue weighted by molar-refractivity contribution is 6.32. The molecule has 128 valence electrons. The van der Waals surface area contributed by atoms with Gasteiger partial charge in [-0.1, -0.05) is 30.7 Å². The Morgan fingerprint density at radius 2 is 2.17 bits per heavy atom. The van der Waals surface area contributed by atoms with Crippen molar-refractivity contribution >= 4 is 23.3 Å². The number of para-hydroxylation sites is 1. The number of ether oxygens (including phenoxy) is 1. The summed E-state index contributed by atoms with van der Waals surface area (Å²) in [6.45, 7) is 4.61. The molecule has 0 spiro atoms. The molecule has 0 unspecified atom stereocenters. The van der Waals surface area contributed by atoms with Crippen LogP contribution in [0.25, 0.3) is 5.69 Å². The van der Waals surface area contributed by atoms with Crippen molar-refractivity contribution in [3.05, 3.63) is 41.2 Å². The minimum absolute atomic E-state index is 0.117. The van der Waals surface area contributed by atoms with Gasteiger partial charge in [0, 0.05) is 19.7 Å². The molecule has 0 atom stereocenters. The first-order valence-corrected chi connectivity index (χ1v) is 8.54. The Hall–Kier alpha value is -2.05. The molecule has 1 aromatic heterocycles. The SMILES string of the molecule is CCc1c(NC(=O)N2CCCOCC2)cnn1-c1ccccc1Cl. The Morgan fingerprint density at radius 1 is 1.33 bits per heavy atom. The first kappa shape index (κ1) is 16.8. The van der Waals surface area contributed by atoms with Gasteiger partial charge in [-0.25, -0.2) is 9.48 Å². The average Bonchev–Trinajstić information content (AvgIpc) is 2.80. The smallest absolute Gasteiger partial charge is 0.322 e. The zero-order valence-corrected chi connectivity index (χ0v) is 14.4. The molecule has 3 rings (SSSR count). The molecule has 2 amide bonds. The molecule has 1 fully saturated rings. The standard InChI is InChI=1S/C17H21ClN4O2/c1-2-15-14(20-17(23)21-8-5-10-24-11-9-21)12-19-22(15)16-7-4-3-6-13(16)18/h3-4,6-7,12H,2,5,8-11H2,1H3,(H,20,23). The van der Waals surface area contributed by atoms with Gasteiger partial charge in [0.2, 0.25) is 0 Å². The van der Waals surface area contributed by atoms with E-state index in [1.54, 1.807) is 15.8 Å². The molecule has 1 saturated heterocycles. The van der Waals surface area contributed by atoms with Crippen LogP contribution in [0.2, 0.25) is 5.02 Å². The quantitative estimate of drug-likeness (QED) is 0.925. The van der Waals surface area contributed by atoms with Crippen LogP contribution in [0.15, 0.2) is 30.5 Å². The summed E-state index contributed by atoms with van der Waals surface area (Å²) in [6, 6.07) is 7.41. The van der Waals surface area contributed by atoms with Crippen molar-refractivity contribution in [1.82, 2.24) is 14.7 Å². The summed E-state index contributed by atoms with van der Waals surface area (Å²) in [6.07, 6.45) is 3.26. The molecule has 0 saturated carbocycles. The van der Waals surface area contributed by atoms with Crippen molar-refractivity contribution in [2.75, 3.05) is 31.6 Å². The molecule has 0 aliphatic carbocycles. The Kier molecular flexibility index (Phi) is 5.37. The van der Waals surface area contributed by atoms with Crippen molar-refractivity contribution in [3.8, 4) is 5.69 Å². The summed E-state index contributed by atoms with van der Waals surface area (Å²) in [5.41, 5.74) is 2.44. The van der Waals surface area contributed by atoms with Crippen molar-refractivity contribution in [1.29, 1.82) is 0 Å². The third-order valence-corrected chi connectivity index (χ3v) is 4.36. The van der Waals surface area contributed by atoms with Gasteiger partial charge in [-0.2, -0.15) is 5.10 Å². The lowest BCUT2D eigenvalue weighted by Crippen LogP contribution is -2.36. The van der Waals surface area contributed by atoms with Crippen LogP contribution in [0, 0.1) is 0 Å². The van der Waals surface area contributed by atoms with Gasteiger partial charge in [-0.3, -0.25) is 0 Å². The minimum Gasteiger partial charge on any atom is -0.380 e. The second-order valence-corrected chi connectivity index (χ2v) is 6.01. The number of benzene rings is 1. The number of hydrogen-bond acceptors (Lipinski definition) is 3. The molecule has 6 nitrogen and oxygen atoms in total. The molecule has 7 heteroatoms. The highest BCUT2D eigenvalue weighted by Gasteiger charge is 2.19. The third-order valence-electron chi connectivity index (χ3n) is 4.04. The maximum absolute atomic E-state index is 12.5. The molecule has 1 aliphatic rings. The summed E-state index contributed by atoms with van der Waals surface area (Å²) < 4.78 is 7.17. The number of aromatic nitrogens is 2. The molecular weight excluding hydrogens is 328 g/mol. The van der Waals surface area contributed by atoms with Crippen LogP contribution in [-0.2, 0) is 11.2 Å². The average molecular weight is 349 g/mol. The number of carbonyl (C=O) groups is 1. The fraction of sp³-hybridized carbons (Fsp3) is 0.412. The van der Waals surface area contributed by atoms with Crippen LogP contribution in [-0.4, -0.2) is 47.0 Å². The lowest BCUT2D eigenvalue weighted by Gasteiger charge is -2.20. The van der Waals surface area contributed by atoms with Gasteiger partial charge in [0.1, 0.15) is 0 Å². The molecule has 2 aromatic rings. The Morgan fingerprint density at radius 3 is 2.96 bits per heavy atom. The van der Waals surface area contributed by atoms with E-state index in [0.29, 0.717) is 37.0 Å². The van der Waals surface area contributed by atoms with E-state index in [9.17, 15) is 4.79 Å². The highest BCUT2D eigenvalue weighted by Crippen LogP contribution is 2.25. The molecule has 1 N–H and O–H groups in total. The van der Waals surface area contributed by atoms with Crippen molar-refractivity contribution in [3.63, 3.8) is 0 Å². The van der Waals surface area contributed by atoms with Gasteiger partial charge in [0.15, 0.2) is 0 Å². The van der Waals surface area contributed by atoms with Crippen LogP contribution >= 0.6 is 11.6 Å². The van der Waals surface area contributed by atoms with Gasteiger partial charge >= 0.3 is 6.03 Å². The van der Waals surface area contributed by atoms with E-state index in [1.807, 2.05) is 31.2 Å². The van der Waals surface area contributed by atoms with E-state index in [4.69, 9.17) is 16.3 Å². The number of nitrogens with zero attached hydrogens (tertiary/aromatic N) is 3. The summed E-state index contributed by atoms with van der Waals surface area (Å²) in [5.74, 6) is 0. The third kappa shape index (κ3) is 3.55. The number of nitrogens with one attached hydrogen (secondary N) is 1. The number of hydrogen-bond donors (Lipinski definition) is 1. The predicted octanol–water partition coefficient (Wildman–Crippen LogP) is 3.34. The van der Waals surface area contributed by atoms with Gasteiger partial charge in [0.25, 0.3) is 0 Å². The van der Waals surface area contributed by atoms with Gasteiger partial charge in [0.05, 0.1) is 34.9 Å². The zero-order chi connectivity index (χ0) is 16.9. The van der Waals surface area contributed by atoms with Gasteiger partial charge in [-0.15, -0.1) is 0 Å². The summed E-state index contributed by atoms with van der Waals surface area (Å²) in [5, 5.41) is 8.01. The first-order valence-electron chi connectivity index (χ1n) is 8.16. The van der Waals surface area contributed by atoms with E-state index < -0.39 is 0 Å². The molecular formula is C17H21ClN4O2. The van der Waals surface area contributed by atoms with Crippen molar-refractivity contribution in [2.24, 2.45) is 0 Å². The largest absolute Gasteiger partial charge is 0.380 e. The van der Waals surface area contributed by atoms with E-state index in [1.165, 1.54) is 0 Å². The summed E-state index contributed by atoms with van der Waals surface area (Å²) in [4.78, 5) is 14.3. The second-order valence-electron chi connectivity index (χ2n) is 5.60. The molecule has 1 aliphatic heterocycles. The zero-order valence-electron chi connectivity index (χ0n) is 13.7. The number of anilines is 1. The first-order chi connectivity index (χ1) is 11.7. The molecule has 0 radical (unpaired) electrons. The molecule has 2 heterocycles. The van der Waals surface area contributed by atoms with Crippen molar-refractivity contribution < 1.29 is 9.53 Å². The minimum atomic E-state index is -0.117.